The van der Waals surface area contributed by atoms with Gasteiger partial charge in [0.05, 0.1) is 24.5 Å². The average Bonchev–Trinajstić information content (AvgIpc) is 3.31. The zero-order valence-electron chi connectivity index (χ0n) is 17.0. The normalized spacial score (nSPS) is 15.7. The van der Waals surface area contributed by atoms with Crippen LogP contribution in [0.2, 0.25) is 0 Å². The third kappa shape index (κ3) is 4.79. The van der Waals surface area contributed by atoms with Crippen molar-refractivity contribution in [1.29, 1.82) is 0 Å². The number of anilines is 1. The SMILES string of the molecule is CC(NC(=O)C1CCN(c2cnn(Cc3ccccc3)c(=O)c2)CC1)c1cccs1. The van der Waals surface area contributed by atoms with E-state index in [-0.39, 0.29) is 23.4 Å². The van der Waals surface area contributed by atoms with Crippen molar-refractivity contribution in [2.24, 2.45) is 5.92 Å². The molecule has 1 unspecified atom stereocenters. The Labute approximate surface area is 180 Å². The third-order valence-corrected chi connectivity index (χ3v) is 6.64. The summed E-state index contributed by atoms with van der Waals surface area (Å²) in [4.78, 5) is 28.4. The van der Waals surface area contributed by atoms with E-state index in [0.717, 1.165) is 37.2 Å². The molecule has 1 aliphatic heterocycles. The molecule has 1 atom stereocenters. The van der Waals surface area contributed by atoms with E-state index in [2.05, 4.69) is 15.3 Å². The molecule has 1 N–H and O–H groups in total. The lowest BCUT2D eigenvalue weighted by Crippen LogP contribution is -2.41. The topological polar surface area (TPSA) is 67.2 Å². The van der Waals surface area contributed by atoms with Gasteiger partial charge in [0.15, 0.2) is 0 Å². The standard InChI is InChI=1S/C23H26N4O2S/c1-17(21-8-5-13-30-21)25-23(29)19-9-11-26(12-10-19)20-14-22(28)27(24-15-20)16-18-6-3-2-4-7-18/h2-8,13-15,17,19H,9-12,16H2,1H3,(H,25,29). The molecule has 3 heterocycles. The van der Waals surface area contributed by atoms with Crippen molar-refractivity contribution in [2.75, 3.05) is 18.0 Å². The van der Waals surface area contributed by atoms with Gasteiger partial charge >= 0.3 is 0 Å². The molecule has 156 valence electrons. The van der Waals surface area contributed by atoms with Crippen LogP contribution in [-0.2, 0) is 11.3 Å². The minimum Gasteiger partial charge on any atom is -0.370 e. The van der Waals surface area contributed by atoms with E-state index >= 15 is 0 Å². The maximum atomic E-state index is 12.6. The number of carbonyl (C=O) groups excluding carboxylic acids is 1. The van der Waals surface area contributed by atoms with E-state index in [1.54, 1.807) is 23.6 Å². The highest BCUT2D eigenvalue weighted by atomic mass is 32.1. The van der Waals surface area contributed by atoms with Crippen LogP contribution >= 0.6 is 11.3 Å². The number of amides is 1. The van der Waals surface area contributed by atoms with E-state index in [1.165, 1.54) is 9.56 Å². The van der Waals surface area contributed by atoms with Crippen LogP contribution < -0.4 is 15.8 Å². The fraction of sp³-hybridized carbons (Fsp3) is 0.348. The molecule has 30 heavy (non-hydrogen) atoms. The summed E-state index contributed by atoms with van der Waals surface area (Å²) < 4.78 is 1.48. The lowest BCUT2D eigenvalue weighted by atomic mass is 9.95. The molecular formula is C23H26N4O2S. The molecule has 6 nitrogen and oxygen atoms in total. The highest BCUT2D eigenvalue weighted by molar-refractivity contribution is 7.10. The average molecular weight is 423 g/mol. The number of aromatic nitrogens is 2. The predicted octanol–water partition coefficient (Wildman–Crippen LogP) is 3.45. The van der Waals surface area contributed by atoms with Gasteiger partial charge in [0.2, 0.25) is 5.91 Å². The van der Waals surface area contributed by atoms with Crippen molar-refractivity contribution < 1.29 is 4.79 Å². The molecule has 0 bridgehead atoms. The van der Waals surface area contributed by atoms with Crippen LogP contribution in [0.3, 0.4) is 0 Å². The van der Waals surface area contributed by atoms with Crippen LogP contribution in [-0.4, -0.2) is 28.8 Å². The van der Waals surface area contributed by atoms with Crippen LogP contribution in [0, 0.1) is 5.92 Å². The first-order valence-corrected chi connectivity index (χ1v) is 11.2. The Morgan fingerprint density at radius 3 is 2.63 bits per heavy atom. The second-order valence-electron chi connectivity index (χ2n) is 7.70. The van der Waals surface area contributed by atoms with Crippen molar-refractivity contribution in [3.8, 4) is 0 Å². The molecule has 3 aromatic rings. The van der Waals surface area contributed by atoms with Gasteiger partial charge in [-0.1, -0.05) is 36.4 Å². The number of nitrogens with zero attached hydrogens (tertiary/aromatic N) is 3. The van der Waals surface area contributed by atoms with Crippen molar-refractivity contribution in [3.05, 3.63) is 80.9 Å². The van der Waals surface area contributed by atoms with Crippen LogP contribution in [0.25, 0.3) is 0 Å². The van der Waals surface area contributed by atoms with Gasteiger partial charge in [-0.2, -0.15) is 5.10 Å². The molecule has 1 aliphatic rings. The monoisotopic (exact) mass is 422 g/mol. The van der Waals surface area contributed by atoms with E-state index < -0.39 is 0 Å². The highest BCUT2D eigenvalue weighted by Crippen LogP contribution is 2.24. The van der Waals surface area contributed by atoms with E-state index in [9.17, 15) is 9.59 Å². The molecule has 2 aromatic heterocycles. The minimum atomic E-state index is -0.110. The second-order valence-corrected chi connectivity index (χ2v) is 8.68. The minimum absolute atomic E-state index is 0.00933. The fourth-order valence-corrected chi connectivity index (χ4v) is 4.55. The summed E-state index contributed by atoms with van der Waals surface area (Å²) in [5, 5.41) is 9.51. The third-order valence-electron chi connectivity index (χ3n) is 5.59. The van der Waals surface area contributed by atoms with Gasteiger partial charge in [-0.3, -0.25) is 9.59 Å². The summed E-state index contributed by atoms with van der Waals surface area (Å²) in [6.45, 7) is 3.98. The van der Waals surface area contributed by atoms with E-state index in [0.29, 0.717) is 6.54 Å². The first-order chi connectivity index (χ1) is 14.6. The number of rotatable bonds is 6. The number of benzene rings is 1. The second kappa shape index (κ2) is 9.26. The Kier molecular flexibility index (Phi) is 6.28. The van der Waals surface area contributed by atoms with Crippen molar-refractivity contribution in [2.45, 2.75) is 32.4 Å². The molecule has 0 radical (unpaired) electrons. The summed E-state index contributed by atoms with van der Waals surface area (Å²) in [6.07, 6.45) is 3.30. The van der Waals surface area contributed by atoms with Gasteiger partial charge < -0.3 is 10.2 Å². The molecule has 1 fully saturated rings. The maximum absolute atomic E-state index is 12.6. The number of hydrogen-bond acceptors (Lipinski definition) is 5. The Balaban J connectivity index is 1.33. The fourth-order valence-electron chi connectivity index (χ4n) is 3.81. The molecule has 4 rings (SSSR count). The van der Waals surface area contributed by atoms with Gasteiger partial charge in [0, 0.05) is 30.0 Å². The number of piperidine rings is 1. The zero-order chi connectivity index (χ0) is 20.9. The van der Waals surface area contributed by atoms with Crippen LogP contribution in [0.4, 0.5) is 5.69 Å². The zero-order valence-corrected chi connectivity index (χ0v) is 17.8. The number of hydrogen-bond donors (Lipinski definition) is 1. The van der Waals surface area contributed by atoms with E-state index in [1.807, 2.05) is 54.8 Å². The predicted molar refractivity (Wildman–Crippen MR) is 120 cm³/mol. The first-order valence-electron chi connectivity index (χ1n) is 10.3. The highest BCUT2D eigenvalue weighted by Gasteiger charge is 2.26. The summed E-state index contributed by atoms with van der Waals surface area (Å²) >= 11 is 1.66. The number of nitrogens with one attached hydrogen (secondary N) is 1. The largest absolute Gasteiger partial charge is 0.370 e. The number of thiophene rings is 1. The van der Waals surface area contributed by atoms with Gasteiger partial charge in [-0.15, -0.1) is 11.3 Å². The van der Waals surface area contributed by atoms with Gasteiger partial charge in [-0.25, -0.2) is 4.68 Å². The number of carbonyl (C=O) groups is 1. The van der Waals surface area contributed by atoms with Crippen molar-refractivity contribution in [1.82, 2.24) is 15.1 Å². The van der Waals surface area contributed by atoms with Crippen molar-refractivity contribution in [3.63, 3.8) is 0 Å². The van der Waals surface area contributed by atoms with Gasteiger partial charge in [-0.05, 0) is 36.8 Å². The maximum Gasteiger partial charge on any atom is 0.269 e. The summed E-state index contributed by atoms with van der Waals surface area (Å²) in [5.74, 6) is 0.127. The molecule has 1 saturated heterocycles. The summed E-state index contributed by atoms with van der Waals surface area (Å²) in [6, 6.07) is 15.6. The smallest absolute Gasteiger partial charge is 0.269 e. The molecule has 7 heteroatoms. The molecule has 0 aliphatic carbocycles. The van der Waals surface area contributed by atoms with E-state index in [4.69, 9.17) is 0 Å². The quantitative estimate of drug-likeness (QED) is 0.661. The Hall–Kier alpha value is -2.93. The summed E-state index contributed by atoms with van der Waals surface area (Å²) in [5.41, 5.74) is 1.76. The van der Waals surface area contributed by atoms with Crippen molar-refractivity contribution >= 4 is 22.9 Å². The van der Waals surface area contributed by atoms with Crippen LogP contribution in [0.15, 0.2) is 64.9 Å². The Morgan fingerprint density at radius 1 is 1.20 bits per heavy atom. The lowest BCUT2D eigenvalue weighted by Gasteiger charge is -2.33. The van der Waals surface area contributed by atoms with Crippen LogP contribution in [0.1, 0.15) is 36.2 Å². The molecule has 0 saturated carbocycles. The Morgan fingerprint density at radius 2 is 1.97 bits per heavy atom. The van der Waals surface area contributed by atoms with Gasteiger partial charge in [0.25, 0.3) is 5.56 Å². The molecule has 0 spiro atoms. The van der Waals surface area contributed by atoms with Crippen LogP contribution in [0.5, 0.6) is 0 Å². The lowest BCUT2D eigenvalue weighted by molar-refractivity contribution is -0.126. The first kappa shape index (κ1) is 20.3. The van der Waals surface area contributed by atoms with Gasteiger partial charge in [0.1, 0.15) is 0 Å². The Bertz CT molecular complexity index is 1020. The molecular weight excluding hydrogens is 396 g/mol. The molecule has 1 aromatic carbocycles. The summed E-state index contributed by atoms with van der Waals surface area (Å²) in [7, 11) is 0. The molecule has 1 amide bonds.